The van der Waals surface area contributed by atoms with E-state index in [0.717, 1.165) is 116 Å². The van der Waals surface area contributed by atoms with Crippen LogP contribution in [0.3, 0.4) is 0 Å². The number of ether oxygens (including phenoxy) is 2. The minimum Gasteiger partial charge on any atom is -0.462 e. The smallest absolute Gasteiger partial charge is 0.462 e. The van der Waals surface area contributed by atoms with Gasteiger partial charge in [0.25, 0.3) is 0 Å². The van der Waals surface area contributed by atoms with Gasteiger partial charge in [0.15, 0.2) is 6.10 Å². The molecule has 0 heterocycles. The Balaban J connectivity index is 3.97. The standard InChI is InChI=1S/C95H168NO8P/c1-6-8-10-12-14-16-18-20-22-24-26-28-30-32-34-36-38-40-42-44-46-48-50-52-54-56-58-60-62-64-66-68-70-72-74-76-78-80-82-84-86-88-95(98)104-93(92-103-105(99,100)102-90-89-96(3,4)5)91-101-94(97)87-85-83-81-79-77-75-73-71-69-67-65-63-61-59-57-55-53-51-49-47-45-43-41-39-37-35-33-31-29-27-25-23-21-19-17-15-13-11-9-7-2/h8,10,14,16,20,22,26,28,32,34,38,40,44,46,50,52,56,58,62,64,68,70,93H,6-7,9,11-13,15,17-19,21,23-25,27,29-31,33,35-37,39,41-43,45,47-49,51,53-55,57,59-61,63,65-67,69,71-92H2,1-5H3/p+1/b10-8-,16-14-,22-20-,28-26-,34-32-,40-38-,46-44-,52-50-,58-56-,64-62-,70-68-. The van der Waals surface area contributed by atoms with E-state index in [9.17, 15) is 19.0 Å². The molecule has 606 valence electrons. The van der Waals surface area contributed by atoms with Gasteiger partial charge in [-0.1, -0.05) is 430 Å². The number of hydrogen-bond donors (Lipinski definition) is 1. The highest BCUT2D eigenvalue weighted by molar-refractivity contribution is 7.47. The minimum absolute atomic E-state index is 0.0251. The average molecular weight is 1480 g/mol. The number of phosphoric acid groups is 1. The van der Waals surface area contributed by atoms with Crippen molar-refractivity contribution in [3.05, 3.63) is 134 Å². The minimum atomic E-state index is -4.41. The van der Waals surface area contributed by atoms with Gasteiger partial charge in [-0.2, -0.15) is 0 Å². The largest absolute Gasteiger partial charge is 0.472 e. The van der Waals surface area contributed by atoms with Crippen molar-refractivity contribution in [3.8, 4) is 0 Å². The molecule has 0 bridgehead atoms. The number of esters is 2. The maximum atomic E-state index is 12.9. The Labute approximate surface area is 651 Å². The van der Waals surface area contributed by atoms with E-state index < -0.39 is 26.5 Å². The first-order valence-corrected chi connectivity index (χ1v) is 45.9. The van der Waals surface area contributed by atoms with Crippen molar-refractivity contribution in [2.45, 2.75) is 412 Å². The van der Waals surface area contributed by atoms with E-state index in [-0.39, 0.29) is 32.0 Å². The molecule has 0 saturated carbocycles. The number of allylic oxidation sites excluding steroid dienone is 22. The molecule has 0 aromatic carbocycles. The SMILES string of the molecule is CC/C=C\C/C=C\C/C=C\C/C=C\C/C=C\C/C=C\C/C=C\C/C=C\C/C=C\C/C=C\C/C=C\CCCCCCCCCC(=O)OC(COC(=O)CCCCCCCCCCCCCCCCCCCCCCCCCCCCCCCCCCCCCCCCCC)COP(=O)(O)OCC[N+](C)(C)C. The molecule has 0 aromatic heterocycles. The molecule has 105 heavy (non-hydrogen) atoms. The number of likely N-dealkylation sites (N-methyl/N-ethyl adjacent to an activating group) is 1. The molecular weight excluding hydrogens is 1310 g/mol. The third kappa shape index (κ3) is 88.9. The first kappa shape index (κ1) is 101. The quantitative estimate of drug-likeness (QED) is 0.0211. The van der Waals surface area contributed by atoms with Crippen molar-refractivity contribution < 1.29 is 42.1 Å². The van der Waals surface area contributed by atoms with E-state index >= 15 is 0 Å². The van der Waals surface area contributed by atoms with Gasteiger partial charge in [-0.25, -0.2) is 4.57 Å². The summed E-state index contributed by atoms with van der Waals surface area (Å²) in [4.78, 5) is 36.0. The van der Waals surface area contributed by atoms with Crippen molar-refractivity contribution in [1.82, 2.24) is 0 Å². The summed E-state index contributed by atoms with van der Waals surface area (Å²) in [6.07, 6.45) is 124. The summed E-state index contributed by atoms with van der Waals surface area (Å²) in [7, 11) is 1.47. The maximum absolute atomic E-state index is 12.9. The molecule has 2 unspecified atom stereocenters. The Morgan fingerprint density at radius 1 is 0.305 bits per heavy atom. The molecular formula is C95H169NO8P+. The van der Waals surface area contributed by atoms with Crippen LogP contribution in [-0.2, 0) is 32.7 Å². The second-order valence-corrected chi connectivity index (χ2v) is 32.4. The van der Waals surface area contributed by atoms with Gasteiger partial charge in [0.1, 0.15) is 19.8 Å². The number of hydrogen-bond acceptors (Lipinski definition) is 7. The van der Waals surface area contributed by atoms with Gasteiger partial charge in [-0.05, 0) is 96.3 Å². The monoisotopic (exact) mass is 1480 g/mol. The van der Waals surface area contributed by atoms with Gasteiger partial charge in [0.05, 0.1) is 27.7 Å². The van der Waals surface area contributed by atoms with Crippen LogP contribution in [0, 0.1) is 0 Å². The van der Waals surface area contributed by atoms with Crippen LogP contribution in [0.5, 0.6) is 0 Å². The zero-order chi connectivity index (χ0) is 76.1. The van der Waals surface area contributed by atoms with E-state index in [1.54, 1.807) is 0 Å². The lowest BCUT2D eigenvalue weighted by molar-refractivity contribution is -0.870. The lowest BCUT2D eigenvalue weighted by atomic mass is 10.0. The Bertz CT molecular complexity index is 2240. The Morgan fingerprint density at radius 3 is 0.810 bits per heavy atom. The topological polar surface area (TPSA) is 108 Å². The molecule has 0 aliphatic rings. The highest BCUT2D eigenvalue weighted by Gasteiger charge is 2.27. The van der Waals surface area contributed by atoms with Crippen LogP contribution in [0.2, 0.25) is 0 Å². The first-order chi connectivity index (χ1) is 51.5. The summed E-state index contributed by atoms with van der Waals surface area (Å²) < 4.78 is 34.9. The van der Waals surface area contributed by atoms with Crippen LogP contribution in [0.15, 0.2) is 134 Å². The Kier molecular flexibility index (Phi) is 81.1. The highest BCUT2D eigenvalue weighted by Crippen LogP contribution is 2.43. The van der Waals surface area contributed by atoms with Gasteiger partial charge in [0.2, 0.25) is 0 Å². The fourth-order valence-corrected chi connectivity index (χ4v) is 13.5. The number of phosphoric ester groups is 1. The van der Waals surface area contributed by atoms with Crippen LogP contribution in [0.25, 0.3) is 0 Å². The Hall–Kier alpha value is -3.85. The fraction of sp³-hybridized carbons (Fsp3) is 0.747. The average Bonchev–Trinajstić information content (AvgIpc) is 0.935. The maximum Gasteiger partial charge on any atom is 0.472 e. The van der Waals surface area contributed by atoms with Gasteiger partial charge in [0, 0.05) is 12.8 Å². The summed E-state index contributed by atoms with van der Waals surface area (Å²) in [5.41, 5.74) is 0. The van der Waals surface area contributed by atoms with Crippen molar-refractivity contribution in [2.75, 3.05) is 47.5 Å². The Morgan fingerprint density at radius 2 is 0.543 bits per heavy atom. The predicted molar refractivity (Wildman–Crippen MR) is 459 cm³/mol. The summed E-state index contributed by atoms with van der Waals surface area (Å²) in [5.74, 6) is -0.801. The van der Waals surface area contributed by atoms with E-state index in [1.807, 2.05) is 21.1 Å². The molecule has 9 nitrogen and oxygen atoms in total. The summed E-state index contributed by atoms with van der Waals surface area (Å²) in [6.45, 7) is 4.35. The molecule has 0 amide bonds. The lowest BCUT2D eigenvalue weighted by Crippen LogP contribution is -2.37. The van der Waals surface area contributed by atoms with Crippen molar-refractivity contribution in [3.63, 3.8) is 0 Å². The highest BCUT2D eigenvalue weighted by atomic mass is 31.2. The van der Waals surface area contributed by atoms with Crippen LogP contribution < -0.4 is 0 Å². The van der Waals surface area contributed by atoms with Gasteiger partial charge in [-0.15, -0.1) is 0 Å². The first-order valence-electron chi connectivity index (χ1n) is 44.4. The molecule has 2 atom stereocenters. The predicted octanol–water partition coefficient (Wildman–Crippen LogP) is 30.2. The lowest BCUT2D eigenvalue weighted by Gasteiger charge is -2.24. The van der Waals surface area contributed by atoms with Crippen LogP contribution in [-0.4, -0.2) is 74.9 Å². The number of unbranched alkanes of at least 4 members (excludes halogenated alkanes) is 46. The van der Waals surface area contributed by atoms with Crippen LogP contribution >= 0.6 is 7.82 Å². The molecule has 1 N–H and O–H groups in total. The molecule has 0 radical (unpaired) electrons. The van der Waals surface area contributed by atoms with Gasteiger partial charge < -0.3 is 18.9 Å². The van der Waals surface area contributed by atoms with E-state index in [2.05, 4.69) is 148 Å². The summed E-state index contributed by atoms with van der Waals surface area (Å²) in [5, 5.41) is 0. The van der Waals surface area contributed by atoms with Gasteiger partial charge in [-0.3, -0.25) is 18.6 Å². The molecule has 0 fully saturated rings. The van der Waals surface area contributed by atoms with E-state index in [4.69, 9.17) is 18.5 Å². The van der Waals surface area contributed by atoms with Crippen LogP contribution in [0.4, 0.5) is 0 Å². The van der Waals surface area contributed by atoms with E-state index in [1.165, 1.54) is 257 Å². The van der Waals surface area contributed by atoms with Crippen LogP contribution in [0.1, 0.15) is 406 Å². The summed E-state index contributed by atoms with van der Waals surface area (Å²) in [6, 6.07) is 0. The third-order valence-electron chi connectivity index (χ3n) is 19.4. The summed E-state index contributed by atoms with van der Waals surface area (Å²) >= 11 is 0. The molecule has 0 rings (SSSR count). The zero-order valence-electron chi connectivity index (χ0n) is 69.4. The third-order valence-corrected chi connectivity index (χ3v) is 20.4. The molecule has 0 aliphatic heterocycles. The van der Waals surface area contributed by atoms with Crippen molar-refractivity contribution in [1.29, 1.82) is 0 Å². The van der Waals surface area contributed by atoms with E-state index in [0.29, 0.717) is 17.4 Å². The zero-order valence-corrected chi connectivity index (χ0v) is 70.3. The second kappa shape index (κ2) is 84.2. The number of nitrogens with zero attached hydrogens (tertiary/aromatic N) is 1. The number of quaternary nitrogens is 1. The number of rotatable bonds is 82. The number of carbonyl (C=O) groups excluding carboxylic acids is 2. The molecule has 10 heteroatoms. The molecule has 0 aliphatic carbocycles. The molecule has 0 saturated heterocycles. The van der Waals surface area contributed by atoms with Gasteiger partial charge >= 0.3 is 19.8 Å². The number of carbonyl (C=O) groups is 2. The van der Waals surface area contributed by atoms with Crippen molar-refractivity contribution >= 4 is 19.8 Å². The van der Waals surface area contributed by atoms with Crippen molar-refractivity contribution in [2.24, 2.45) is 0 Å². The molecule has 0 aromatic rings. The fourth-order valence-electron chi connectivity index (χ4n) is 12.7. The molecule has 0 spiro atoms. The second-order valence-electron chi connectivity index (χ2n) is 30.9. The normalized spacial score (nSPS) is 13.6.